The monoisotopic (exact) mass is 977 g/mol. The Morgan fingerprint density at radius 2 is 0.557 bits per heavy atom. The van der Waals surface area contributed by atoms with Crippen molar-refractivity contribution in [2.45, 2.75) is 303 Å². The van der Waals surface area contributed by atoms with Gasteiger partial charge in [-0.3, -0.25) is 14.4 Å². The third kappa shape index (κ3) is 55.8. The second kappa shape index (κ2) is 58.4. The number of ether oxygens (including phenoxy) is 3. The quantitative estimate of drug-likeness (QED) is 0.0261. The SMILES string of the molecule is CC/C=C\C/C=C\C/C=C\C/C=C\CCCCCCCCCCCCCCC(=O)OCC(COC(=O)CCCCCCCCCCCCC)OC(=O)CCCCCCC/C=C\C/C=C\CCCCCC. The van der Waals surface area contributed by atoms with E-state index in [0.29, 0.717) is 19.3 Å². The summed E-state index contributed by atoms with van der Waals surface area (Å²) in [5.74, 6) is -0.884. The molecule has 0 aromatic rings. The van der Waals surface area contributed by atoms with Gasteiger partial charge in [0.15, 0.2) is 6.10 Å². The molecule has 0 spiro atoms. The lowest BCUT2D eigenvalue weighted by Gasteiger charge is -2.18. The Labute approximate surface area is 433 Å². The molecule has 1 atom stereocenters. The topological polar surface area (TPSA) is 78.9 Å². The Balaban J connectivity index is 4.27. The number of esters is 3. The van der Waals surface area contributed by atoms with Crippen molar-refractivity contribution < 1.29 is 28.6 Å². The minimum atomic E-state index is -0.781. The lowest BCUT2D eigenvalue weighted by molar-refractivity contribution is -0.167. The molecular weight excluding hydrogens is 865 g/mol. The zero-order valence-corrected chi connectivity index (χ0v) is 46.3. The van der Waals surface area contributed by atoms with Crippen LogP contribution in [0.1, 0.15) is 297 Å². The summed E-state index contributed by atoms with van der Waals surface area (Å²) in [6.07, 6.45) is 74.7. The molecule has 0 radical (unpaired) electrons. The minimum Gasteiger partial charge on any atom is -0.462 e. The molecule has 0 saturated heterocycles. The van der Waals surface area contributed by atoms with Gasteiger partial charge in [-0.05, 0) is 89.9 Å². The zero-order valence-electron chi connectivity index (χ0n) is 46.3. The Hall–Kier alpha value is -3.15. The Morgan fingerprint density at radius 1 is 0.300 bits per heavy atom. The molecule has 6 nitrogen and oxygen atoms in total. The molecule has 0 aromatic heterocycles. The molecule has 0 aromatic carbocycles. The van der Waals surface area contributed by atoms with E-state index in [0.717, 1.165) is 109 Å². The van der Waals surface area contributed by atoms with Crippen molar-refractivity contribution in [1.82, 2.24) is 0 Å². The van der Waals surface area contributed by atoms with Gasteiger partial charge < -0.3 is 14.2 Å². The summed E-state index contributed by atoms with van der Waals surface area (Å²) < 4.78 is 16.9. The van der Waals surface area contributed by atoms with Gasteiger partial charge in [0.25, 0.3) is 0 Å². The summed E-state index contributed by atoms with van der Waals surface area (Å²) in [7, 11) is 0. The highest BCUT2D eigenvalue weighted by atomic mass is 16.6. The molecule has 0 aliphatic rings. The van der Waals surface area contributed by atoms with Crippen LogP contribution in [0, 0.1) is 0 Å². The van der Waals surface area contributed by atoms with E-state index in [-0.39, 0.29) is 31.1 Å². The summed E-state index contributed by atoms with van der Waals surface area (Å²) in [4.78, 5) is 38.1. The minimum absolute atomic E-state index is 0.0785. The number of unbranched alkanes of at least 4 members (excludes halogenated alkanes) is 31. The molecule has 0 saturated carbocycles. The largest absolute Gasteiger partial charge is 0.462 e. The van der Waals surface area contributed by atoms with Crippen molar-refractivity contribution in [2.75, 3.05) is 13.2 Å². The molecule has 0 N–H and O–H groups in total. The van der Waals surface area contributed by atoms with Crippen LogP contribution in [-0.4, -0.2) is 37.2 Å². The molecule has 404 valence electrons. The Bertz CT molecular complexity index is 1310. The van der Waals surface area contributed by atoms with E-state index >= 15 is 0 Å². The molecular formula is C64H112O6. The van der Waals surface area contributed by atoms with Crippen LogP contribution in [0.2, 0.25) is 0 Å². The average molecular weight is 978 g/mol. The molecule has 0 heterocycles. The van der Waals surface area contributed by atoms with Crippen LogP contribution in [0.25, 0.3) is 0 Å². The van der Waals surface area contributed by atoms with Crippen LogP contribution in [0.4, 0.5) is 0 Å². The van der Waals surface area contributed by atoms with Gasteiger partial charge in [0, 0.05) is 19.3 Å². The lowest BCUT2D eigenvalue weighted by Crippen LogP contribution is -2.30. The first kappa shape index (κ1) is 66.9. The van der Waals surface area contributed by atoms with Crippen molar-refractivity contribution in [1.29, 1.82) is 0 Å². The van der Waals surface area contributed by atoms with Crippen molar-refractivity contribution in [3.63, 3.8) is 0 Å². The molecule has 0 amide bonds. The molecule has 0 bridgehead atoms. The molecule has 6 heteroatoms. The third-order valence-electron chi connectivity index (χ3n) is 12.9. The summed E-state index contributed by atoms with van der Waals surface area (Å²) in [5.41, 5.74) is 0. The van der Waals surface area contributed by atoms with E-state index in [9.17, 15) is 14.4 Å². The maximum atomic E-state index is 12.8. The van der Waals surface area contributed by atoms with Crippen LogP contribution in [0.5, 0.6) is 0 Å². The van der Waals surface area contributed by atoms with E-state index in [1.807, 2.05) is 0 Å². The number of allylic oxidation sites excluding steroid dienone is 12. The van der Waals surface area contributed by atoms with Crippen LogP contribution in [0.15, 0.2) is 72.9 Å². The van der Waals surface area contributed by atoms with E-state index < -0.39 is 6.10 Å². The van der Waals surface area contributed by atoms with Gasteiger partial charge in [-0.1, -0.05) is 261 Å². The van der Waals surface area contributed by atoms with Gasteiger partial charge in [-0.25, -0.2) is 0 Å². The summed E-state index contributed by atoms with van der Waals surface area (Å²) in [6.45, 7) is 6.51. The Kier molecular flexibility index (Phi) is 55.8. The van der Waals surface area contributed by atoms with Gasteiger partial charge in [-0.2, -0.15) is 0 Å². The van der Waals surface area contributed by atoms with Crippen LogP contribution in [0.3, 0.4) is 0 Å². The summed E-state index contributed by atoms with van der Waals surface area (Å²) in [5, 5.41) is 0. The molecule has 0 rings (SSSR count). The van der Waals surface area contributed by atoms with Gasteiger partial charge in [0.05, 0.1) is 0 Å². The van der Waals surface area contributed by atoms with Crippen molar-refractivity contribution in [3.05, 3.63) is 72.9 Å². The second-order valence-corrected chi connectivity index (χ2v) is 19.9. The molecule has 0 aliphatic carbocycles. The molecule has 1 unspecified atom stereocenters. The fourth-order valence-electron chi connectivity index (χ4n) is 8.47. The van der Waals surface area contributed by atoms with Crippen LogP contribution >= 0.6 is 0 Å². The van der Waals surface area contributed by atoms with E-state index in [2.05, 4.69) is 93.7 Å². The predicted molar refractivity (Wildman–Crippen MR) is 302 cm³/mol. The number of carbonyl (C=O) groups excluding carboxylic acids is 3. The van der Waals surface area contributed by atoms with E-state index in [1.54, 1.807) is 0 Å². The van der Waals surface area contributed by atoms with Gasteiger partial charge in [0.2, 0.25) is 0 Å². The highest BCUT2D eigenvalue weighted by Gasteiger charge is 2.19. The van der Waals surface area contributed by atoms with Crippen molar-refractivity contribution >= 4 is 17.9 Å². The smallest absolute Gasteiger partial charge is 0.306 e. The van der Waals surface area contributed by atoms with E-state index in [4.69, 9.17) is 14.2 Å². The fraction of sp³-hybridized carbons (Fsp3) is 0.766. The van der Waals surface area contributed by atoms with Gasteiger partial charge >= 0.3 is 17.9 Å². The fourth-order valence-corrected chi connectivity index (χ4v) is 8.47. The third-order valence-corrected chi connectivity index (χ3v) is 12.9. The maximum absolute atomic E-state index is 12.8. The van der Waals surface area contributed by atoms with Gasteiger partial charge in [-0.15, -0.1) is 0 Å². The zero-order chi connectivity index (χ0) is 50.7. The predicted octanol–water partition coefficient (Wildman–Crippen LogP) is 20.2. The maximum Gasteiger partial charge on any atom is 0.306 e. The molecule has 0 fully saturated rings. The highest BCUT2D eigenvalue weighted by Crippen LogP contribution is 2.16. The lowest BCUT2D eigenvalue weighted by atomic mass is 10.0. The van der Waals surface area contributed by atoms with Gasteiger partial charge in [0.1, 0.15) is 13.2 Å². The summed E-state index contributed by atoms with van der Waals surface area (Å²) in [6, 6.07) is 0. The van der Waals surface area contributed by atoms with E-state index in [1.165, 1.54) is 148 Å². The Morgan fingerprint density at radius 3 is 0.886 bits per heavy atom. The first-order chi connectivity index (χ1) is 34.5. The summed E-state index contributed by atoms with van der Waals surface area (Å²) >= 11 is 0. The number of rotatable bonds is 54. The second-order valence-electron chi connectivity index (χ2n) is 19.9. The number of carbonyl (C=O) groups is 3. The number of hydrogen-bond donors (Lipinski definition) is 0. The molecule has 0 aliphatic heterocycles. The van der Waals surface area contributed by atoms with Crippen LogP contribution in [-0.2, 0) is 28.6 Å². The standard InChI is InChI=1S/C64H112O6/c1-4-7-10-13-16-19-22-24-26-28-29-30-31-32-33-34-35-36-38-39-42-45-48-51-54-57-63(66)69-60-61(59-68-62(65)56-53-50-47-44-41-21-18-15-12-9-6-3)70-64(67)58-55-52-49-46-43-40-37-27-25-23-20-17-14-11-8-5-2/h7,10,16,19-20,23-24,26-27,29-30,37,61H,4-6,8-9,11-15,17-18,21-22,25,28,31-36,38-60H2,1-3H3/b10-7-,19-16-,23-20-,26-24-,30-29-,37-27-. The first-order valence-corrected chi connectivity index (χ1v) is 29.9. The normalized spacial score (nSPS) is 12.6. The first-order valence-electron chi connectivity index (χ1n) is 29.9. The van der Waals surface area contributed by atoms with Crippen molar-refractivity contribution in [2.24, 2.45) is 0 Å². The average Bonchev–Trinajstić information content (AvgIpc) is 3.36. The molecule has 70 heavy (non-hydrogen) atoms. The highest BCUT2D eigenvalue weighted by molar-refractivity contribution is 5.71. The number of hydrogen-bond acceptors (Lipinski definition) is 6. The van der Waals surface area contributed by atoms with Crippen LogP contribution < -0.4 is 0 Å². The van der Waals surface area contributed by atoms with Crippen molar-refractivity contribution in [3.8, 4) is 0 Å².